The Morgan fingerprint density at radius 1 is 1.57 bits per heavy atom. The third-order valence-corrected chi connectivity index (χ3v) is 2.63. The zero-order chi connectivity index (χ0) is 11.0. The van der Waals surface area contributed by atoms with Gasteiger partial charge in [-0.2, -0.15) is 0 Å². The monoisotopic (exact) mass is 198 g/mol. The van der Waals surface area contributed by atoms with E-state index < -0.39 is 0 Å². The number of nitrogens with one attached hydrogen (secondary N) is 1. The minimum absolute atomic E-state index is 0.0992. The molecule has 0 aliphatic heterocycles. The van der Waals surface area contributed by atoms with Crippen LogP contribution in [0.25, 0.3) is 0 Å². The van der Waals surface area contributed by atoms with Crippen molar-refractivity contribution in [3.63, 3.8) is 0 Å². The molecule has 0 bridgehead atoms. The lowest BCUT2D eigenvalue weighted by atomic mass is 9.96. The van der Waals surface area contributed by atoms with Gasteiger partial charge in [0, 0.05) is 26.6 Å². The van der Waals surface area contributed by atoms with E-state index in [1.807, 2.05) is 13.8 Å². The Bertz CT molecular complexity index is 207. The maximum atomic E-state index is 5.72. The van der Waals surface area contributed by atoms with Crippen LogP contribution in [0.2, 0.25) is 0 Å². The summed E-state index contributed by atoms with van der Waals surface area (Å²) in [5, 5.41) is 3.38. The van der Waals surface area contributed by atoms with Crippen LogP contribution in [0.4, 0.5) is 0 Å². The highest BCUT2D eigenvalue weighted by Crippen LogP contribution is 2.10. The minimum Gasteiger partial charge on any atom is -0.380 e. The highest BCUT2D eigenvalue weighted by molar-refractivity contribution is 4.97. The molecule has 3 N–H and O–H groups in total. The summed E-state index contributed by atoms with van der Waals surface area (Å²) < 4.78 is 5.28. The second-order valence-corrected chi connectivity index (χ2v) is 3.60. The lowest BCUT2D eigenvalue weighted by Crippen LogP contribution is -2.56. The number of rotatable bonds is 6. The Morgan fingerprint density at radius 2 is 2.21 bits per heavy atom. The molecule has 0 aliphatic carbocycles. The number of methoxy groups -OCH3 is 1. The molecule has 0 saturated heterocycles. The van der Waals surface area contributed by atoms with Gasteiger partial charge in [0.1, 0.15) is 0 Å². The van der Waals surface area contributed by atoms with Crippen LogP contribution in [0.5, 0.6) is 0 Å². The van der Waals surface area contributed by atoms with E-state index in [9.17, 15) is 0 Å². The fourth-order valence-corrected chi connectivity index (χ4v) is 1.18. The first-order chi connectivity index (χ1) is 6.60. The van der Waals surface area contributed by atoms with E-state index in [-0.39, 0.29) is 11.6 Å². The van der Waals surface area contributed by atoms with Crippen LogP contribution in [-0.4, -0.2) is 31.8 Å². The van der Waals surface area contributed by atoms with Gasteiger partial charge in [0.2, 0.25) is 0 Å². The van der Waals surface area contributed by atoms with E-state index in [4.69, 9.17) is 10.5 Å². The summed E-state index contributed by atoms with van der Waals surface area (Å²) in [6.07, 6.45) is 0.949. The lowest BCUT2D eigenvalue weighted by Gasteiger charge is -2.34. The van der Waals surface area contributed by atoms with E-state index in [0.717, 1.165) is 13.0 Å². The van der Waals surface area contributed by atoms with E-state index in [0.29, 0.717) is 6.54 Å². The smallest absolute Gasteiger partial charge is 0.0734 e. The van der Waals surface area contributed by atoms with Crippen molar-refractivity contribution in [1.82, 2.24) is 5.32 Å². The van der Waals surface area contributed by atoms with Crippen molar-refractivity contribution in [2.24, 2.45) is 5.73 Å². The van der Waals surface area contributed by atoms with Gasteiger partial charge in [-0.25, -0.2) is 0 Å². The average molecular weight is 198 g/mol. The Labute approximate surface area is 87.4 Å². The maximum absolute atomic E-state index is 5.72. The molecule has 0 aliphatic rings. The largest absolute Gasteiger partial charge is 0.380 e. The van der Waals surface area contributed by atoms with Crippen molar-refractivity contribution in [2.75, 3.05) is 20.2 Å². The van der Waals surface area contributed by atoms with Crippen LogP contribution in [0, 0.1) is 11.8 Å². The van der Waals surface area contributed by atoms with Gasteiger partial charge >= 0.3 is 0 Å². The molecule has 82 valence electrons. The van der Waals surface area contributed by atoms with Gasteiger partial charge in [-0.05, 0) is 20.8 Å². The molecule has 3 nitrogen and oxygen atoms in total. The molecule has 0 aromatic rings. The number of hydrogen-bond acceptors (Lipinski definition) is 3. The van der Waals surface area contributed by atoms with Gasteiger partial charge < -0.3 is 15.8 Å². The second-order valence-electron chi connectivity index (χ2n) is 3.60. The molecule has 3 heteroatoms. The maximum Gasteiger partial charge on any atom is 0.0734 e. The van der Waals surface area contributed by atoms with E-state index >= 15 is 0 Å². The van der Waals surface area contributed by atoms with Crippen LogP contribution < -0.4 is 11.1 Å². The molecule has 0 spiro atoms. The minimum atomic E-state index is -0.163. The summed E-state index contributed by atoms with van der Waals surface area (Å²) in [6, 6.07) is 0. The fraction of sp³-hybridized carbons (Fsp3) is 0.818. The highest BCUT2D eigenvalue weighted by Gasteiger charge is 2.28. The van der Waals surface area contributed by atoms with Crippen molar-refractivity contribution in [3.05, 3.63) is 0 Å². The number of ether oxygens (including phenoxy) is 1. The molecule has 0 radical (unpaired) electrons. The van der Waals surface area contributed by atoms with Gasteiger partial charge in [0.15, 0.2) is 0 Å². The Kier molecular flexibility index (Phi) is 6.56. The van der Waals surface area contributed by atoms with Gasteiger partial charge in [-0.1, -0.05) is 0 Å². The zero-order valence-corrected chi connectivity index (χ0v) is 9.68. The first-order valence-electron chi connectivity index (χ1n) is 4.98. The zero-order valence-electron chi connectivity index (χ0n) is 9.68. The van der Waals surface area contributed by atoms with Crippen LogP contribution in [-0.2, 0) is 4.74 Å². The van der Waals surface area contributed by atoms with Gasteiger partial charge in [-0.15, -0.1) is 11.8 Å². The summed E-state index contributed by atoms with van der Waals surface area (Å²) in [5.74, 6) is 5.87. The van der Waals surface area contributed by atoms with Crippen molar-refractivity contribution in [1.29, 1.82) is 0 Å². The molecule has 14 heavy (non-hydrogen) atoms. The molecule has 0 amide bonds. The predicted octanol–water partition coefficient (Wildman–Crippen LogP) is 0.742. The van der Waals surface area contributed by atoms with Crippen molar-refractivity contribution < 1.29 is 4.74 Å². The molecule has 0 heterocycles. The third kappa shape index (κ3) is 4.10. The third-order valence-electron chi connectivity index (χ3n) is 2.63. The molecule has 0 saturated carbocycles. The van der Waals surface area contributed by atoms with Crippen molar-refractivity contribution >= 4 is 0 Å². The summed E-state index contributed by atoms with van der Waals surface area (Å²) in [7, 11) is 1.70. The van der Waals surface area contributed by atoms with Crippen LogP contribution in [0.3, 0.4) is 0 Å². The summed E-state index contributed by atoms with van der Waals surface area (Å²) in [5.41, 5.74) is 5.56. The van der Waals surface area contributed by atoms with Crippen LogP contribution in [0.1, 0.15) is 27.2 Å². The molecule has 0 rings (SSSR count). The van der Waals surface area contributed by atoms with Gasteiger partial charge in [0.25, 0.3) is 0 Å². The first kappa shape index (κ1) is 13.4. The number of nitrogens with two attached hydrogens (primary N) is 1. The summed E-state index contributed by atoms with van der Waals surface area (Å²) in [4.78, 5) is 0. The molecule has 2 atom stereocenters. The Hall–Kier alpha value is -0.560. The van der Waals surface area contributed by atoms with Gasteiger partial charge in [-0.3, -0.25) is 0 Å². The quantitative estimate of drug-likeness (QED) is 0.489. The molecular weight excluding hydrogens is 176 g/mol. The first-order valence-corrected chi connectivity index (χ1v) is 4.98. The topological polar surface area (TPSA) is 47.3 Å². The molecule has 0 fully saturated rings. The standard InChI is InChI=1S/C11H22N2O/c1-5-6-7-8-13-11(3,9-12)10(2)14-4/h10,13H,7-9,12H2,1-4H3. The second kappa shape index (κ2) is 6.83. The van der Waals surface area contributed by atoms with Crippen LogP contribution >= 0.6 is 0 Å². The molecular formula is C11H22N2O. The molecule has 2 unspecified atom stereocenters. The fourth-order valence-electron chi connectivity index (χ4n) is 1.18. The lowest BCUT2D eigenvalue weighted by molar-refractivity contribution is 0.0425. The normalized spacial score (nSPS) is 16.6. The highest BCUT2D eigenvalue weighted by atomic mass is 16.5. The Morgan fingerprint density at radius 3 is 2.64 bits per heavy atom. The Balaban J connectivity index is 4.03. The van der Waals surface area contributed by atoms with Crippen molar-refractivity contribution in [3.8, 4) is 11.8 Å². The molecule has 0 aromatic heterocycles. The van der Waals surface area contributed by atoms with Crippen LogP contribution in [0.15, 0.2) is 0 Å². The summed E-state index contributed by atoms with van der Waals surface area (Å²) in [6.45, 7) is 7.34. The van der Waals surface area contributed by atoms with Crippen molar-refractivity contribution in [2.45, 2.75) is 38.8 Å². The van der Waals surface area contributed by atoms with Gasteiger partial charge in [0.05, 0.1) is 11.6 Å². The molecule has 0 aromatic carbocycles. The predicted molar refractivity (Wildman–Crippen MR) is 60.0 cm³/mol. The van der Waals surface area contributed by atoms with E-state index in [2.05, 4.69) is 24.1 Å². The van der Waals surface area contributed by atoms with E-state index in [1.165, 1.54) is 0 Å². The SMILES string of the molecule is CC#CCCNC(C)(CN)C(C)OC. The average Bonchev–Trinajstić information content (AvgIpc) is 2.22. The number of hydrogen-bond donors (Lipinski definition) is 2. The summed E-state index contributed by atoms with van der Waals surface area (Å²) >= 11 is 0. The van der Waals surface area contributed by atoms with E-state index in [1.54, 1.807) is 7.11 Å².